The normalized spacial score (nSPS) is 11.7. The van der Waals surface area contributed by atoms with Crippen molar-refractivity contribution in [2.75, 3.05) is 0 Å². The van der Waals surface area contributed by atoms with E-state index < -0.39 is 19.6 Å². The Morgan fingerprint density at radius 2 is 1.11 bits per heavy atom. The van der Waals surface area contributed by atoms with E-state index in [1.807, 2.05) is 0 Å². The molecule has 0 saturated heterocycles. The zero-order valence-corrected chi connectivity index (χ0v) is 17.3. The summed E-state index contributed by atoms with van der Waals surface area (Å²) in [6.45, 7) is 6.74. The second-order valence-corrected chi connectivity index (χ2v) is 8.82. The fraction of sp³-hybridized carbons (Fsp3) is 0.333. The minimum Gasteiger partial charge on any atom is -0.258 e. The monoisotopic (exact) mass is 430 g/mol. The van der Waals surface area contributed by atoms with Gasteiger partial charge in [-0.3, -0.25) is 20.2 Å². The maximum Gasteiger partial charge on any atom is 0.272 e. The Kier molecular flexibility index (Phi) is 6.04. The first-order chi connectivity index (χ1) is 12.3. The Morgan fingerprint density at radius 1 is 0.778 bits per heavy atom. The highest BCUT2D eigenvalue weighted by molar-refractivity contribution is 6.68. The maximum absolute atomic E-state index is 11.4. The summed E-state index contributed by atoms with van der Waals surface area (Å²) >= 11 is 18.6. The zero-order valence-electron chi connectivity index (χ0n) is 15.0. The number of hydrogen-bond donors (Lipinski definition) is 0. The minimum atomic E-state index is -1.87. The number of nitrogens with zero attached hydrogens (tertiary/aromatic N) is 2. The van der Waals surface area contributed by atoms with Crippen LogP contribution in [0.1, 0.15) is 39.3 Å². The Morgan fingerprint density at radius 3 is 1.37 bits per heavy atom. The van der Waals surface area contributed by atoms with E-state index in [1.165, 1.54) is 12.1 Å². The quantitative estimate of drug-likeness (QED) is 0.326. The fourth-order valence-corrected chi connectivity index (χ4v) is 3.78. The van der Waals surface area contributed by atoms with Gasteiger partial charge in [-0.1, -0.05) is 46.9 Å². The number of hydrogen-bond acceptors (Lipinski definition) is 4. The summed E-state index contributed by atoms with van der Waals surface area (Å²) in [4.78, 5) is 21.8. The Balaban J connectivity index is 2.80. The molecule has 144 valence electrons. The lowest BCUT2D eigenvalue weighted by molar-refractivity contribution is -0.385. The number of rotatable bonds is 4. The van der Waals surface area contributed by atoms with E-state index in [0.29, 0.717) is 33.4 Å². The van der Waals surface area contributed by atoms with Crippen molar-refractivity contribution in [1.29, 1.82) is 0 Å². The summed E-state index contributed by atoms with van der Waals surface area (Å²) in [6, 6.07) is 6.12. The van der Waals surface area contributed by atoms with Crippen molar-refractivity contribution in [2.45, 2.75) is 37.4 Å². The van der Waals surface area contributed by atoms with Gasteiger partial charge in [0.15, 0.2) is 0 Å². The third kappa shape index (κ3) is 4.34. The van der Waals surface area contributed by atoms with Gasteiger partial charge in [-0.2, -0.15) is 0 Å². The molecule has 0 aliphatic carbocycles. The van der Waals surface area contributed by atoms with Crippen LogP contribution in [0.25, 0.3) is 0 Å². The van der Waals surface area contributed by atoms with E-state index in [2.05, 4.69) is 0 Å². The van der Waals surface area contributed by atoms with Crippen LogP contribution in [0.3, 0.4) is 0 Å². The Bertz CT molecular complexity index is 870. The van der Waals surface area contributed by atoms with Crippen LogP contribution < -0.4 is 0 Å². The predicted molar refractivity (Wildman–Crippen MR) is 107 cm³/mol. The number of aryl methyl sites for hydroxylation is 2. The molecule has 0 radical (unpaired) electrons. The summed E-state index contributed by atoms with van der Waals surface area (Å²) in [7, 11) is 0. The highest BCUT2D eigenvalue weighted by Gasteiger charge is 2.38. The van der Waals surface area contributed by atoms with Gasteiger partial charge in [0.25, 0.3) is 11.4 Å². The molecule has 0 amide bonds. The molecule has 0 spiro atoms. The molecule has 27 heavy (non-hydrogen) atoms. The van der Waals surface area contributed by atoms with Crippen LogP contribution in [0, 0.1) is 47.9 Å². The molecule has 0 fully saturated rings. The Hall–Kier alpha value is -1.89. The molecule has 0 N–H and O–H groups in total. The Labute approximate surface area is 171 Å². The van der Waals surface area contributed by atoms with Gasteiger partial charge in [-0.15, -0.1) is 0 Å². The SMILES string of the molecule is Cc1cc(C(c2cc(C)c(C)c([N+](=O)[O-])c2)C(Cl)(Cl)Cl)cc([N+](=O)[O-])c1C. The molecule has 2 rings (SSSR count). The summed E-state index contributed by atoms with van der Waals surface area (Å²) in [5, 5.41) is 22.8. The van der Waals surface area contributed by atoms with Crippen LogP contribution in [0.4, 0.5) is 11.4 Å². The zero-order chi connectivity index (χ0) is 20.7. The first-order valence-corrected chi connectivity index (χ1v) is 9.05. The van der Waals surface area contributed by atoms with E-state index in [0.717, 1.165) is 0 Å². The molecule has 0 aliphatic heterocycles. The highest BCUT2D eigenvalue weighted by Crippen LogP contribution is 2.48. The third-order valence-corrected chi connectivity index (χ3v) is 5.37. The highest BCUT2D eigenvalue weighted by atomic mass is 35.6. The van der Waals surface area contributed by atoms with Crippen LogP contribution in [0.15, 0.2) is 24.3 Å². The molecule has 6 nitrogen and oxygen atoms in total. The molecular formula is C18H17Cl3N2O4. The van der Waals surface area contributed by atoms with Crippen molar-refractivity contribution < 1.29 is 9.85 Å². The van der Waals surface area contributed by atoms with Gasteiger partial charge < -0.3 is 0 Å². The predicted octanol–water partition coefficient (Wildman–Crippen LogP) is 6.24. The summed E-state index contributed by atoms with van der Waals surface area (Å²) in [6.07, 6.45) is 0. The van der Waals surface area contributed by atoms with Crippen LogP contribution in [-0.2, 0) is 0 Å². The van der Waals surface area contributed by atoms with Crippen molar-refractivity contribution in [3.8, 4) is 0 Å². The number of benzene rings is 2. The molecule has 2 aromatic carbocycles. The summed E-state index contributed by atoms with van der Waals surface area (Å²) in [5.41, 5.74) is 2.97. The average molecular weight is 432 g/mol. The van der Waals surface area contributed by atoms with Crippen LogP contribution >= 0.6 is 34.8 Å². The molecule has 0 aromatic heterocycles. The third-order valence-electron chi connectivity index (χ3n) is 4.71. The lowest BCUT2D eigenvalue weighted by Gasteiger charge is -2.26. The first-order valence-electron chi connectivity index (χ1n) is 7.92. The van der Waals surface area contributed by atoms with Crippen LogP contribution in [0.2, 0.25) is 0 Å². The van der Waals surface area contributed by atoms with Gasteiger partial charge >= 0.3 is 0 Å². The molecular weight excluding hydrogens is 415 g/mol. The standard InChI is InChI=1S/C18H17Cl3N2O4/c1-9-5-13(7-15(11(9)3)22(24)25)17(18(19,20)21)14-6-10(2)12(4)16(8-14)23(26)27/h5-8,17H,1-4H3. The van der Waals surface area contributed by atoms with E-state index in [-0.39, 0.29) is 11.4 Å². The van der Waals surface area contributed by atoms with Gasteiger partial charge in [0.1, 0.15) is 0 Å². The number of halogens is 3. The number of nitro groups is 2. The van der Waals surface area contributed by atoms with E-state index in [9.17, 15) is 20.2 Å². The average Bonchev–Trinajstić information content (AvgIpc) is 2.52. The van der Waals surface area contributed by atoms with E-state index in [1.54, 1.807) is 39.8 Å². The lowest BCUT2D eigenvalue weighted by atomic mass is 9.87. The van der Waals surface area contributed by atoms with Crippen molar-refractivity contribution >= 4 is 46.2 Å². The number of nitro benzene ring substituents is 2. The lowest BCUT2D eigenvalue weighted by Crippen LogP contribution is -2.19. The molecule has 0 aliphatic rings. The maximum atomic E-state index is 11.4. The molecule has 2 aromatic rings. The van der Waals surface area contributed by atoms with Crippen LogP contribution in [0.5, 0.6) is 0 Å². The van der Waals surface area contributed by atoms with Gasteiger partial charge in [0.2, 0.25) is 3.79 Å². The number of alkyl halides is 3. The minimum absolute atomic E-state index is 0.0948. The van der Waals surface area contributed by atoms with Crippen molar-refractivity contribution in [2.24, 2.45) is 0 Å². The molecule has 0 heterocycles. The van der Waals surface area contributed by atoms with E-state index >= 15 is 0 Å². The molecule has 0 bridgehead atoms. The van der Waals surface area contributed by atoms with Crippen molar-refractivity contribution in [1.82, 2.24) is 0 Å². The van der Waals surface area contributed by atoms with Crippen molar-refractivity contribution in [3.05, 3.63) is 77.9 Å². The summed E-state index contributed by atoms with van der Waals surface area (Å²) < 4.78 is -1.87. The second-order valence-electron chi connectivity index (χ2n) is 6.45. The van der Waals surface area contributed by atoms with Gasteiger partial charge in [0.05, 0.1) is 15.8 Å². The van der Waals surface area contributed by atoms with E-state index in [4.69, 9.17) is 34.8 Å². The first kappa shape index (κ1) is 21.4. The topological polar surface area (TPSA) is 86.3 Å². The smallest absolute Gasteiger partial charge is 0.258 e. The fourth-order valence-electron chi connectivity index (χ4n) is 3.02. The van der Waals surface area contributed by atoms with Crippen LogP contribution in [-0.4, -0.2) is 13.6 Å². The van der Waals surface area contributed by atoms with Gasteiger partial charge in [-0.05, 0) is 49.9 Å². The molecule has 9 heteroatoms. The molecule has 0 saturated carbocycles. The molecule has 0 atom stereocenters. The largest absolute Gasteiger partial charge is 0.272 e. The van der Waals surface area contributed by atoms with Gasteiger partial charge in [0, 0.05) is 23.3 Å². The van der Waals surface area contributed by atoms with Gasteiger partial charge in [-0.25, -0.2) is 0 Å². The second kappa shape index (κ2) is 7.62. The summed E-state index contributed by atoms with van der Waals surface area (Å²) in [5.74, 6) is -0.918. The van der Waals surface area contributed by atoms with Crippen molar-refractivity contribution in [3.63, 3.8) is 0 Å². The molecule has 0 unspecified atom stereocenters.